The Morgan fingerprint density at radius 3 is 2.17 bits per heavy atom. The van der Waals surface area contributed by atoms with Gasteiger partial charge in [-0.1, -0.05) is 23.7 Å². The van der Waals surface area contributed by atoms with Crippen molar-refractivity contribution in [1.29, 1.82) is 0 Å². The van der Waals surface area contributed by atoms with Crippen LogP contribution in [-0.4, -0.2) is 56.3 Å². The maximum absolute atomic E-state index is 12.7. The molecule has 6 nitrogen and oxygen atoms in total. The number of nitrogens with zero attached hydrogens (tertiary/aromatic N) is 2. The van der Waals surface area contributed by atoms with E-state index in [2.05, 4.69) is 0 Å². The lowest BCUT2D eigenvalue weighted by molar-refractivity contribution is -0.134. The predicted molar refractivity (Wildman–Crippen MR) is 113 cm³/mol. The van der Waals surface area contributed by atoms with Crippen LogP contribution < -0.4 is 4.74 Å². The third kappa shape index (κ3) is 4.74. The second-order valence-electron chi connectivity index (χ2n) is 7.18. The number of piperazine rings is 1. The highest BCUT2D eigenvalue weighted by molar-refractivity contribution is 7.89. The molecule has 0 spiro atoms. The van der Waals surface area contributed by atoms with Gasteiger partial charge in [-0.2, -0.15) is 4.31 Å². The standard InChI is InChI=1S/C21H25ClN2O4S/c1-15-4-5-16(2)21(17(15)3)28-14-20(25)23-10-12-24(13-11-23)29(26,27)19-8-6-18(22)7-9-19/h4-9H,10-14H2,1-3H3. The molecule has 0 bridgehead atoms. The Bertz CT molecular complexity index is 998. The van der Waals surface area contributed by atoms with E-state index in [1.807, 2.05) is 32.9 Å². The van der Waals surface area contributed by atoms with Crippen molar-refractivity contribution in [1.82, 2.24) is 9.21 Å². The van der Waals surface area contributed by atoms with Gasteiger partial charge in [-0.3, -0.25) is 4.79 Å². The summed E-state index contributed by atoms with van der Waals surface area (Å²) < 4.78 is 32.7. The van der Waals surface area contributed by atoms with Crippen LogP contribution in [0.2, 0.25) is 5.02 Å². The van der Waals surface area contributed by atoms with Crippen molar-refractivity contribution >= 4 is 27.5 Å². The zero-order valence-corrected chi connectivity index (χ0v) is 18.4. The Morgan fingerprint density at radius 1 is 0.966 bits per heavy atom. The molecule has 0 aromatic heterocycles. The van der Waals surface area contributed by atoms with Gasteiger partial charge in [-0.05, 0) is 61.7 Å². The fourth-order valence-corrected chi connectivity index (χ4v) is 4.85. The summed E-state index contributed by atoms with van der Waals surface area (Å²) >= 11 is 5.84. The van der Waals surface area contributed by atoms with E-state index in [1.54, 1.807) is 17.0 Å². The summed E-state index contributed by atoms with van der Waals surface area (Å²) in [6.07, 6.45) is 0. The minimum atomic E-state index is -3.59. The van der Waals surface area contributed by atoms with Crippen LogP contribution in [0.15, 0.2) is 41.3 Å². The van der Waals surface area contributed by atoms with E-state index >= 15 is 0 Å². The van der Waals surface area contributed by atoms with Crippen LogP contribution >= 0.6 is 11.6 Å². The third-order valence-electron chi connectivity index (χ3n) is 5.26. The normalized spacial score (nSPS) is 15.4. The van der Waals surface area contributed by atoms with E-state index in [-0.39, 0.29) is 30.5 Å². The number of carbonyl (C=O) groups is 1. The molecule has 156 valence electrons. The number of carbonyl (C=O) groups excluding carboxylic acids is 1. The summed E-state index contributed by atoms with van der Waals surface area (Å²) in [5.74, 6) is 0.594. The Morgan fingerprint density at radius 2 is 1.55 bits per heavy atom. The van der Waals surface area contributed by atoms with Crippen LogP contribution in [0.1, 0.15) is 16.7 Å². The Balaban J connectivity index is 1.58. The maximum atomic E-state index is 12.7. The molecule has 29 heavy (non-hydrogen) atoms. The van der Waals surface area contributed by atoms with Crippen molar-refractivity contribution in [3.8, 4) is 5.75 Å². The molecular formula is C21H25ClN2O4S. The highest BCUT2D eigenvalue weighted by Crippen LogP contribution is 2.26. The van der Waals surface area contributed by atoms with Gasteiger partial charge in [0.05, 0.1) is 4.90 Å². The van der Waals surface area contributed by atoms with Gasteiger partial charge in [0.15, 0.2) is 6.61 Å². The predicted octanol–water partition coefficient (Wildman–Crippen LogP) is 3.18. The number of ether oxygens (including phenoxy) is 1. The minimum absolute atomic E-state index is 0.0604. The first kappa shape index (κ1) is 21.6. The molecule has 8 heteroatoms. The van der Waals surface area contributed by atoms with Gasteiger partial charge < -0.3 is 9.64 Å². The number of halogens is 1. The number of sulfonamides is 1. The highest BCUT2D eigenvalue weighted by Gasteiger charge is 2.30. The van der Waals surface area contributed by atoms with Crippen LogP contribution in [0, 0.1) is 20.8 Å². The number of rotatable bonds is 5. The number of benzene rings is 2. The zero-order valence-electron chi connectivity index (χ0n) is 16.8. The Kier molecular flexibility index (Phi) is 6.51. The topological polar surface area (TPSA) is 66.9 Å². The van der Waals surface area contributed by atoms with Gasteiger partial charge in [-0.25, -0.2) is 8.42 Å². The molecule has 1 amide bonds. The third-order valence-corrected chi connectivity index (χ3v) is 7.42. The second-order valence-corrected chi connectivity index (χ2v) is 9.56. The number of hydrogen-bond acceptors (Lipinski definition) is 4. The van der Waals surface area contributed by atoms with Crippen LogP contribution in [0.25, 0.3) is 0 Å². The van der Waals surface area contributed by atoms with Crippen molar-refractivity contribution in [2.24, 2.45) is 0 Å². The maximum Gasteiger partial charge on any atom is 0.260 e. The first-order chi connectivity index (χ1) is 13.7. The molecule has 1 saturated heterocycles. The van der Waals surface area contributed by atoms with E-state index in [4.69, 9.17) is 16.3 Å². The van der Waals surface area contributed by atoms with E-state index in [0.29, 0.717) is 18.1 Å². The van der Waals surface area contributed by atoms with E-state index in [0.717, 1.165) is 22.4 Å². The van der Waals surface area contributed by atoms with Crippen LogP contribution in [-0.2, 0) is 14.8 Å². The quantitative estimate of drug-likeness (QED) is 0.722. The van der Waals surface area contributed by atoms with E-state index in [9.17, 15) is 13.2 Å². The highest BCUT2D eigenvalue weighted by atomic mass is 35.5. The smallest absolute Gasteiger partial charge is 0.260 e. The Labute approximate surface area is 177 Å². The van der Waals surface area contributed by atoms with Gasteiger partial charge in [0.2, 0.25) is 10.0 Å². The molecule has 0 unspecified atom stereocenters. The molecule has 2 aromatic rings. The van der Waals surface area contributed by atoms with Crippen molar-refractivity contribution in [2.75, 3.05) is 32.8 Å². The molecule has 1 fully saturated rings. The largest absolute Gasteiger partial charge is 0.483 e. The molecule has 1 heterocycles. The van der Waals surface area contributed by atoms with Crippen molar-refractivity contribution < 1.29 is 17.9 Å². The molecule has 1 aliphatic heterocycles. The monoisotopic (exact) mass is 436 g/mol. The second kappa shape index (κ2) is 8.73. The number of hydrogen-bond donors (Lipinski definition) is 0. The average Bonchev–Trinajstić information content (AvgIpc) is 2.71. The SMILES string of the molecule is Cc1ccc(C)c(OCC(=O)N2CCN(S(=O)(=O)c3ccc(Cl)cc3)CC2)c1C. The molecule has 0 radical (unpaired) electrons. The Hall–Kier alpha value is -2.09. The van der Waals surface area contributed by atoms with Crippen molar-refractivity contribution in [3.05, 3.63) is 58.1 Å². The van der Waals surface area contributed by atoms with Crippen LogP contribution in [0.4, 0.5) is 0 Å². The lowest BCUT2D eigenvalue weighted by Crippen LogP contribution is -2.51. The first-order valence-corrected chi connectivity index (χ1v) is 11.2. The van der Waals surface area contributed by atoms with Gasteiger partial charge in [0.1, 0.15) is 5.75 Å². The van der Waals surface area contributed by atoms with Gasteiger partial charge >= 0.3 is 0 Å². The summed E-state index contributed by atoms with van der Waals surface area (Å²) in [5.41, 5.74) is 3.12. The molecule has 1 aliphatic rings. The van der Waals surface area contributed by atoms with E-state index < -0.39 is 10.0 Å². The molecule has 0 saturated carbocycles. The minimum Gasteiger partial charge on any atom is -0.483 e. The number of amides is 1. The summed E-state index contributed by atoms with van der Waals surface area (Å²) in [6.45, 7) is 7.04. The summed E-state index contributed by atoms with van der Waals surface area (Å²) in [6, 6.07) is 10.1. The van der Waals surface area contributed by atoms with Crippen LogP contribution in [0.3, 0.4) is 0 Å². The average molecular weight is 437 g/mol. The van der Waals surface area contributed by atoms with Gasteiger partial charge in [0.25, 0.3) is 5.91 Å². The molecular weight excluding hydrogens is 412 g/mol. The molecule has 0 N–H and O–H groups in total. The zero-order chi connectivity index (χ0) is 21.2. The van der Waals surface area contributed by atoms with Crippen molar-refractivity contribution in [2.45, 2.75) is 25.7 Å². The lowest BCUT2D eigenvalue weighted by atomic mass is 10.1. The molecule has 3 rings (SSSR count). The van der Waals surface area contributed by atoms with E-state index in [1.165, 1.54) is 16.4 Å². The number of aryl methyl sites for hydroxylation is 2. The fraction of sp³-hybridized carbons (Fsp3) is 0.381. The van der Waals surface area contributed by atoms with Crippen molar-refractivity contribution in [3.63, 3.8) is 0 Å². The molecule has 2 aromatic carbocycles. The summed E-state index contributed by atoms with van der Waals surface area (Å²) in [5, 5.41) is 0.485. The van der Waals surface area contributed by atoms with Gasteiger partial charge in [-0.15, -0.1) is 0 Å². The van der Waals surface area contributed by atoms with Gasteiger partial charge in [0, 0.05) is 31.2 Å². The molecule has 0 aliphatic carbocycles. The molecule has 0 atom stereocenters. The summed E-state index contributed by atoms with van der Waals surface area (Å²) in [4.78, 5) is 14.4. The summed E-state index contributed by atoms with van der Waals surface area (Å²) in [7, 11) is -3.59. The first-order valence-electron chi connectivity index (χ1n) is 9.43. The lowest BCUT2D eigenvalue weighted by Gasteiger charge is -2.34. The van der Waals surface area contributed by atoms with Crippen LogP contribution in [0.5, 0.6) is 5.75 Å². The fourth-order valence-electron chi connectivity index (χ4n) is 3.31.